The van der Waals surface area contributed by atoms with Crippen LogP contribution in [0.25, 0.3) is 10.9 Å². The number of fused-ring (bicyclic) bond motifs is 1. The molecular formula is C21H22N2O3. The van der Waals surface area contributed by atoms with E-state index in [1.807, 2.05) is 32.0 Å². The van der Waals surface area contributed by atoms with E-state index >= 15 is 0 Å². The summed E-state index contributed by atoms with van der Waals surface area (Å²) in [6, 6.07) is 13.0. The number of aromatic amines is 1. The first-order valence-corrected chi connectivity index (χ1v) is 8.54. The highest BCUT2D eigenvalue weighted by molar-refractivity contribution is 5.91. The van der Waals surface area contributed by atoms with Crippen molar-refractivity contribution in [1.29, 1.82) is 0 Å². The van der Waals surface area contributed by atoms with Gasteiger partial charge in [0.15, 0.2) is 0 Å². The van der Waals surface area contributed by atoms with E-state index in [1.165, 1.54) is 0 Å². The Hall–Kier alpha value is -3.08. The van der Waals surface area contributed by atoms with Crippen LogP contribution in [-0.4, -0.2) is 18.0 Å². The molecule has 0 fully saturated rings. The minimum atomic E-state index is -0.136. The molecule has 0 aliphatic heterocycles. The molecule has 0 aliphatic carbocycles. The number of hydrogen-bond donors (Lipinski definition) is 2. The standard InChI is InChI=1S/C21H22N2O3/c1-13-4-5-15-12-16(21(25)23-20(15)14(13)2)6-11-19(24)22-17-7-9-18(26-3)10-8-17/h4-5,7-10,12H,6,11H2,1-3H3,(H,22,24)(H,23,25). The zero-order valence-electron chi connectivity index (χ0n) is 15.2. The van der Waals surface area contributed by atoms with Crippen molar-refractivity contribution in [3.8, 4) is 5.75 Å². The van der Waals surface area contributed by atoms with Crippen molar-refractivity contribution in [3.63, 3.8) is 0 Å². The van der Waals surface area contributed by atoms with Crippen molar-refractivity contribution in [2.75, 3.05) is 12.4 Å². The van der Waals surface area contributed by atoms with Gasteiger partial charge in [-0.3, -0.25) is 9.59 Å². The lowest BCUT2D eigenvalue weighted by molar-refractivity contribution is -0.116. The molecule has 26 heavy (non-hydrogen) atoms. The van der Waals surface area contributed by atoms with E-state index < -0.39 is 0 Å². The third-order valence-electron chi connectivity index (χ3n) is 4.62. The summed E-state index contributed by atoms with van der Waals surface area (Å²) in [5.41, 5.74) is 4.26. The number of carbonyl (C=O) groups excluding carboxylic acids is 1. The average molecular weight is 350 g/mol. The normalized spacial score (nSPS) is 10.7. The van der Waals surface area contributed by atoms with Crippen LogP contribution in [0.1, 0.15) is 23.1 Å². The predicted octanol–water partition coefficient (Wildman–Crippen LogP) is 3.72. The quantitative estimate of drug-likeness (QED) is 0.737. The molecule has 0 saturated carbocycles. The van der Waals surface area contributed by atoms with Crippen molar-refractivity contribution in [2.45, 2.75) is 26.7 Å². The van der Waals surface area contributed by atoms with Gasteiger partial charge < -0.3 is 15.0 Å². The van der Waals surface area contributed by atoms with Gasteiger partial charge in [-0.1, -0.05) is 12.1 Å². The van der Waals surface area contributed by atoms with Gasteiger partial charge in [0.2, 0.25) is 5.91 Å². The molecule has 0 spiro atoms. The number of benzene rings is 2. The van der Waals surface area contributed by atoms with Gasteiger partial charge >= 0.3 is 0 Å². The van der Waals surface area contributed by atoms with Crippen LogP contribution < -0.4 is 15.6 Å². The molecule has 5 nitrogen and oxygen atoms in total. The SMILES string of the molecule is COc1ccc(NC(=O)CCc2cc3ccc(C)c(C)c3[nH]c2=O)cc1. The van der Waals surface area contributed by atoms with Crippen molar-refractivity contribution in [2.24, 2.45) is 0 Å². The summed E-state index contributed by atoms with van der Waals surface area (Å²) < 4.78 is 5.09. The minimum absolute atomic E-state index is 0.130. The first-order valence-electron chi connectivity index (χ1n) is 8.54. The lowest BCUT2D eigenvalue weighted by atomic mass is 10.0. The molecule has 2 aromatic carbocycles. The van der Waals surface area contributed by atoms with Crippen LogP contribution in [0.15, 0.2) is 47.3 Å². The third kappa shape index (κ3) is 3.77. The van der Waals surface area contributed by atoms with Crippen LogP contribution in [0.4, 0.5) is 5.69 Å². The second-order valence-corrected chi connectivity index (χ2v) is 6.37. The number of ether oxygens (including phenoxy) is 1. The average Bonchev–Trinajstić information content (AvgIpc) is 2.64. The van der Waals surface area contributed by atoms with Crippen molar-refractivity contribution < 1.29 is 9.53 Å². The van der Waals surface area contributed by atoms with E-state index in [1.54, 1.807) is 31.4 Å². The predicted molar refractivity (Wildman–Crippen MR) is 104 cm³/mol. The number of anilines is 1. The van der Waals surface area contributed by atoms with Gasteiger partial charge in [0, 0.05) is 17.7 Å². The van der Waals surface area contributed by atoms with Crippen molar-refractivity contribution in [1.82, 2.24) is 4.98 Å². The Morgan fingerprint density at radius 2 is 1.85 bits per heavy atom. The Morgan fingerprint density at radius 1 is 1.12 bits per heavy atom. The first kappa shape index (κ1) is 17.7. The Labute approximate surface area is 152 Å². The third-order valence-corrected chi connectivity index (χ3v) is 4.62. The summed E-state index contributed by atoms with van der Waals surface area (Å²) in [6.45, 7) is 4.01. The fourth-order valence-corrected chi connectivity index (χ4v) is 2.90. The Kier molecular flexibility index (Phi) is 5.07. The lowest BCUT2D eigenvalue weighted by Crippen LogP contribution is -2.17. The zero-order valence-corrected chi connectivity index (χ0v) is 15.2. The van der Waals surface area contributed by atoms with Crippen LogP contribution in [0.2, 0.25) is 0 Å². The van der Waals surface area contributed by atoms with Gasteiger partial charge in [0.25, 0.3) is 5.56 Å². The summed E-state index contributed by atoms with van der Waals surface area (Å²) in [5, 5.41) is 3.81. The smallest absolute Gasteiger partial charge is 0.251 e. The highest BCUT2D eigenvalue weighted by Gasteiger charge is 2.09. The highest BCUT2D eigenvalue weighted by Crippen LogP contribution is 2.19. The molecule has 0 atom stereocenters. The summed E-state index contributed by atoms with van der Waals surface area (Å²) >= 11 is 0. The molecular weight excluding hydrogens is 328 g/mol. The van der Waals surface area contributed by atoms with Crippen LogP contribution in [-0.2, 0) is 11.2 Å². The van der Waals surface area contributed by atoms with E-state index in [2.05, 4.69) is 10.3 Å². The number of nitrogens with one attached hydrogen (secondary N) is 2. The van der Waals surface area contributed by atoms with E-state index in [4.69, 9.17) is 4.74 Å². The van der Waals surface area contributed by atoms with E-state index in [0.717, 1.165) is 27.8 Å². The minimum Gasteiger partial charge on any atom is -0.497 e. The van der Waals surface area contributed by atoms with Gasteiger partial charge in [-0.15, -0.1) is 0 Å². The topological polar surface area (TPSA) is 71.2 Å². The van der Waals surface area contributed by atoms with Crippen LogP contribution in [0.5, 0.6) is 5.75 Å². The van der Waals surface area contributed by atoms with Gasteiger partial charge in [-0.25, -0.2) is 0 Å². The van der Waals surface area contributed by atoms with E-state index in [-0.39, 0.29) is 17.9 Å². The molecule has 5 heteroatoms. The number of methoxy groups -OCH3 is 1. The molecule has 1 aromatic heterocycles. The van der Waals surface area contributed by atoms with Gasteiger partial charge in [0.1, 0.15) is 5.75 Å². The van der Waals surface area contributed by atoms with Gasteiger partial charge in [-0.05, 0) is 67.1 Å². The Bertz CT molecular complexity index is 1000. The molecule has 3 rings (SSSR count). The number of hydrogen-bond acceptors (Lipinski definition) is 3. The number of pyridine rings is 1. The summed E-state index contributed by atoms with van der Waals surface area (Å²) in [6.07, 6.45) is 0.631. The van der Waals surface area contributed by atoms with Gasteiger partial charge in [0.05, 0.1) is 12.6 Å². The largest absolute Gasteiger partial charge is 0.497 e. The number of H-pyrrole nitrogens is 1. The number of aromatic nitrogens is 1. The number of rotatable bonds is 5. The summed E-state index contributed by atoms with van der Waals surface area (Å²) in [7, 11) is 1.59. The lowest BCUT2D eigenvalue weighted by Gasteiger charge is -2.09. The van der Waals surface area contributed by atoms with Crippen LogP contribution in [0.3, 0.4) is 0 Å². The summed E-state index contributed by atoms with van der Waals surface area (Å²) in [5.74, 6) is 0.603. The second kappa shape index (κ2) is 7.44. The molecule has 3 aromatic rings. The second-order valence-electron chi connectivity index (χ2n) is 6.37. The number of amides is 1. The monoisotopic (exact) mass is 350 g/mol. The molecule has 134 valence electrons. The van der Waals surface area contributed by atoms with Crippen molar-refractivity contribution >= 4 is 22.5 Å². The Morgan fingerprint density at radius 3 is 2.54 bits per heavy atom. The van der Waals surface area contributed by atoms with Crippen LogP contribution >= 0.6 is 0 Å². The molecule has 2 N–H and O–H groups in total. The van der Waals surface area contributed by atoms with Crippen molar-refractivity contribution in [3.05, 3.63) is 69.5 Å². The maximum absolute atomic E-state index is 12.3. The molecule has 0 bridgehead atoms. The maximum Gasteiger partial charge on any atom is 0.251 e. The fourth-order valence-electron chi connectivity index (χ4n) is 2.90. The first-order chi connectivity index (χ1) is 12.5. The number of carbonyl (C=O) groups is 1. The highest BCUT2D eigenvalue weighted by atomic mass is 16.5. The molecule has 1 amide bonds. The molecule has 0 aliphatic rings. The Balaban J connectivity index is 1.70. The molecule has 0 unspecified atom stereocenters. The number of aryl methyl sites for hydroxylation is 3. The molecule has 0 saturated heterocycles. The maximum atomic E-state index is 12.3. The van der Waals surface area contributed by atoms with E-state index in [0.29, 0.717) is 17.7 Å². The summed E-state index contributed by atoms with van der Waals surface area (Å²) in [4.78, 5) is 27.4. The van der Waals surface area contributed by atoms with E-state index in [9.17, 15) is 9.59 Å². The molecule has 0 radical (unpaired) electrons. The molecule has 1 heterocycles. The zero-order chi connectivity index (χ0) is 18.7. The fraction of sp³-hybridized carbons (Fsp3) is 0.238. The van der Waals surface area contributed by atoms with Crippen LogP contribution in [0, 0.1) is 13.8 Å². The van der Waals surface area contributed by atoms with Gasteiger partial charge in [-0.2, -0.15) is 0 Å².